The van der Waals surface area contributed by atoms with Crippen molar-refractivity contribution in [3.63, 3.8) is 0 Å². The molecule has 1 N–H and O–H groups in total. The average Bonchev–Trinajstić information content (AvgIpc) is 2.79. The molecule has 0 fully saturated rings. The lowest BCUT2D eigenvalue weighted by atomic mass is 9.91. The summed E-state index contributed by atoms with van der Waals surface area (Å²) in [5, 5.41) is 2.92. The minimum atomic E-state index is -0.576. The molecule has 1 aliphatic rings. The van der Waals surface area contributed by atoms with Gasteiger partial charge in [-0.2, -0.15) is 0 Å². The van der Waals surface area contributed by atoms with E-state index in [1.165, 1.54) is 24.0 Å². The van der Waals surface area contributed by atoms with Gasteiger partial charge in [0, 0.05) is 5.69 Å². The number of carbonyl (C=O) groups is 1. The van der Waals surface area contributed by atoms with E-state index >= 15 is 0 Å². The molecule has 0 radical (unpaired) electrons. The minimum absolute atomic E-state index is 0.165. The zero-order valence-corrected chi connectivity index (χ0v) is 17.3. The van der Waals surface area contributed by atoms with Crippen molar-refractivity contribution in [2.45, 2.75) is 45.3 Å². The molecule has 3 aromatic carbocycles. The van der Waals surface area contributed by atoms with Crippen LogP contribution >= 0.6 is 0 Å². The number of amides is 1. The Bertz CT molecular complexity index is 983. The van der Waals surface area contributed by atoms with Crippen molar-refractivity contribution < 1.29 is 14.3 Å². The van der Waals surface area contributed by atoms with Gasteiger partial charge in [0.1, 0.15) is 18.1 Å². The lowest BCUT2D eigenvalue weighted by Gasteiger charge is -2.22. The van der Waals surface area contributed by atoms with Crippen LogP contribution in [0.4, 0.5) is 5.69 Å². The molecular formula is C26H27NO3. The number of hydrogen-bond donors (Lipinski definition) is 1. The molecular weight excluding hydrogens is 374 g/mol. The highest BCUT2D eigenvalue weighted by Crippen LogP contribution is 2.30. The molecule has 0 saturated heterocycles. The molecule has 4 heteroatoms. The largest absolute Gasteiger partial charge is 0.489 e. The van der Waals surface area contributed by atoms with Gasteiger partial charge < -0.3 is 14.8 Å². The molecule has 3 aromatic rings. The smallest absolute Gasteiger partial charge is 0.265 e. The highest BCUT2D eigenvalue weighted by molar-refractivity contribution is 5.94. The zero-order chi connectivity index (χ0) is 20.8. The van der Waals surface area contributed by atoms with E-state index in [2.05, 4.69) is 11.4 Å². The predicted octanol–water partition coefficient (Wildman–Crippen LogP) is 5.55. The maximum absolute atomic E-state index is 12.6. The number of nitrogens with one attached hydrogen (secondary N) is 1. The molecule has 1 aliphatic carbocycles. The van der Waals surface area contributed by atoms with Gasteiger partial charge in [0.15, 0.2) is 6.10 Å². The SMILES string of the molecule is CC(Oc1cccc2c1CCCC2)C(=O)Nc1ccc(OCc2ccccc2)cc1. The van der Waals surface area contributed by atoms with E-state index in [0.717, 1.165) is 35.6 Å². The summed E-state index contributed by atoms with van der Waals surface area (Å²) in [6.07, 6.45) is 3.92. The predicted molar refractivity (Wildman–Crippen MR) is 119 cm³/mol. The molecule has 4 nitrogen and oxygen atoms in total. The fraction of sp³-hybridized carbons (Fsp3) is 0.269. The summed E-state index contributed by atoms with van der Waals surface area (Å²) in [4.78, 5) is 12.6. The summed E-state index contributed by atoms with van der Waals surface area (Å²) in [5.74, 6) is 1.43. The molecule has 0 aromatic heterocycles. The maximum atomic E-state index is 12.6. The Hall–Kier alpha value is -3.27. The van der Waals surface area contributed by atoms with Crippen molar-refractivity contribution in [3.8, 4) is 11.5 Å². The second-order valence-electron chi connectivity index (χ2n) is 7.65. The maximum Gasteiger partial charge on any atom is 0.265 e. The molecule has 1 amide bonds. The van der Waals surface area contributed by atoms with Crippen molar-refractivity contribution in [3.05, 3.63) is 89.5 Å². The van der Waals surface area contributed by atoms with Gasteiger partial charge in [-0.3, -0.25) is 4.79 Å². The molecule has 30 heavy (non-hydrogen) atoms. The van der Waals surface area contributed by atoms with E-state index in [4.69, 9.17) is 9.47 Å². The van der Waals surface area contributed by atoms with Crippen LogP contribution in [0.5, 0.6) is 11.5 Å². The van der Waals surface area contributed by atoms with Gasteiger partial charge in [0.2, 0.25) is 0 Å². The first-order valence-electron chi connectivity index (χ1n) is 10.5. The van der Waals surface area contributed by atoms with Crippen molar-refractivity contribution in [1.29, 1.82) is 0 Å². The third-order valence-corrected chi connectivity index (χ3v) is 5.40. The molecule has 1 unspecified atom stereocenters. The van der Waals surface area contributed by atoms with Crippen LogP contribution in [0, 0.1) is 0 Å². The summed E-state index contributed by atoms with van der Waals surface area (Å²) in [7, 11) is 0. The Labute approximate surface area is 177 Å². The Kier molecular flexibility index (Phi) is 6.33. The molecule has 154 valence electrons. The minimum Gasteiger partial charge on any atom is -0.489 e. The quantitative estimate of drug-likeness (QED) is 0.565. The number of benzene rings is 3. The van der Waals surface area contributed by atoms with Gasteiger partial charge in [-0.1, -0.05) is 42.5 Å². The summed E-state index contributed by atoms with van der Waals surface area (Å²) in [6.45, 7) is 2.30. The van der Waals surface area contributed by atoms with E-state index in [1.54, 1.807) is 6.92 Å². The number of aryl methyl sites for hydroxylation is 1. The van der Waals surface area contributed by atoms with E-state index in [-0.39, 0.29) is 5.91 Å². The second kappa shape index (κ2) is 9.49. The summed E-state index contributed by atoms with van der Waals surface area (Å²) < 4.78 is 11.8. The molecule has 0 aliphatic heterocycles. The number of carbonyl (C=O) groups excluding carboxylic acids is 1. The highest BCUT2D eigenvalue weighted by atomic mass is 16.5. The van der Waals surface area contributed by atoms with Crippen LogP contribution in [0.1, 0.15) is 36.5 Å². The van der Waals surface area contributed by atoms with Gasteiger partial charge in [-0.05, 0) is 79.6 Å². The first-order valence-corrected chi connectivity index (χ1v) is 10.5. The van der Waals surface area contributed by atoms with Crippen molar-refractivity contribution >= 4 is 11.6 Å². The number of ether oxygens (including phenoxy) is 2. The van der Waals surface area contributed by atoms with E-state index < -0.39 is 6.10 Å². The first-order chi connectivity index (χ1) is 14.7. The Balaban J connectivity index is 1.32. The molecule has 0 saturated carbocycles. The number of fused-ring (bicyclic) bond motifs is 1. The highest BCUT2D eigenvalue weighted by Gasteiger charge is 2.19. The van der Waals surface area contributed by atoms with Gasteiger partial charge >= 0.3 is 0 Å². The molecule has 0 spiro atoms. The van der Waals surface area contributed by atoms with Crippen LogP contribution in [0.2, 0.25) is 0 Å². The summed E-state index contributed by atoms with van der Waals surface area (Å²) in [6, 6.07) is 23.6. The molecule has 4 rings (SSSR count). The van der Waals surface area contributed by atoms with Crippen molar-refractivity contribution in [2.24, 2.45) is 0 Å². The van der Waals surface area contributed by atoms with Gasteiger partial charge in [-0.25, -0.2) is 0 Å². The van der Waals surface area contributed by atoms with Crippen molar-refractivity contribution in [2.75, 3.05) is 5.32 Å². The Morgan fingerprint density at radius 1 is 0.933 bits per heavy atom. The zero-order valence-electron chi connectivity index (χ0n) is 17.3. The molecule has 0 bridgehead atoms. The fourth-order valence-corrected chi connectivity index (χ4v) is 3.72. The normalized spacial score (nSPS) is 13.8. The Morgan fingerprint density at radius 3 is 2.50 bits per heavy atom. The summed E-state index contributed by atoms with van der Waals surface area (Å²) in [5.41, 5.74) is 4.43. The lowest BCUT2D eigenvalue weighted by molar-refractivity contribution is -0.122. The van der Waals surface area contributed by atoms with Crippen LogP contribution in [0.25, 0.3) is 0 Å². The van der Waals surface area contributed by atoms with Crippen molar-refractivity contribution in [1.82, 2.24) is 0 Å². The lowest BCUT2D eigenvalue weighted by Crippen LogP contribution is -2.30. The molecule has 0 heterocycles. The Morgan fingerprint density at radius 2 is 1.70 bits per heavy atom. The number of anilines is 1. The van der Waals surface area contributed by atoms with E-state index in [9.17, 15) is 4.79 Å². The van der Waals surface area contributed by atoms with Crippen LogP contribution in [0.3, 0.4) is 0 Å². The van der Waals surface area contributed by atoms with E-state index in [0.29, 0.717) is 6.61 Å². The summed E-state index contributed by atoms with van der Waals surface area (Å²) >= 11 is 0. The monoisotopic (exact) mass is 401 g/mol. The third kappa shape index (κ3) is 5.01. The number of rotatable bonds is 7. The second-order valence-corrected chi connectivity index (χ2v) is 7.65. The van der Waals surface area contributed by atoms with E-state index in [1.807, 2.05) is 66.7 Å². The van der Waals surface area contributed by atoms with Gasteiger partial charge in [-0.15, -0.1) is 0 Å². The van der Waals surface area contributed by atoms with Crippen LogP contribution in [0.15, 0.2) is 72.8 Å². The first kappa shape index (κ1) is 20.0. The fourth-order valence-electron chi connectivity index (χ4n) is 3.72. The van der Waals surface area contributed by atoms with Gasteiger partial charge in [0.05, 0.1) is 0 Å². The topological polar surface area (TPSA) is 47.6 Å². The number of hydrogen-bond acceptors (Lipinski definition) is 3. The third-order valence-electron chi connectivity index (χ3n) is 5.40. The molecule has 1 atom stereocenters. The van der Waals surface area contributed by atoms with Crippen LogP contribution < -0.4 is 14.8 Å². The van der Waals surface area contributed by atoms with Crippen LogP contribution in [-0.4, -0.2) is 12.0 Å². The van der Waals surface area contributed by atoms with Gasteiger partial charge in [0.25, 0.3) is 5.91 Å². The average molecular weight is 402 g/mol. The van der Waals surface area contributed by atoms with Crippen LogP contribution in [-0.2, 0) is 24.2 Å². The standard InChI is InChI=1S/C26H27NO3/c1-19(30-25-13-7-11-21-10-5-6-12-24(21)25)26(28)27-22-14-16-23(17-15-22)29-18-20-8-3-2-4-9-20/h2-4,7-9,11,13-17,19H,5-6,10,12,18H2,1H3,(H,27,28).